The fourth-order valence-corrected chi connectivity index (χ4v) is 8.54. The number of hydrogen-bond donors (Lipinski definition) is 1. The summed E-state index contributed by atoms with van der Waals surface area (Å²) in [5.41, 5.74) is 0.825. The maximum Gasteiger partial charge on any atom is 0.416 e. The van der Waals surface area contributed by atoms with E-state index in [2.05, 4.69) is 26.0 Å². The largest absolute Gasteiger partial charge is 0.440 e. The second-order valence-corrected chi connectivity index (χ2v) is 14.5. The molecule has 2 aromatic carbocycles. The van der Waals surface area contributed by atoms with Crippen LogP contribution in [0.4, 0.5) is 18.0 Å². The summed E-state index contributed by atoms with van der Waals surface area (Å²) >= 11 is 1.66. The molecule has 1 saturated carbocycles. The van der Waals surface area contributed by atoms with E-state index in [4.69, 9.17) is 4.74 Å². The fraction of sp³-hybridized carbons (Fsp3) is 0.459. The second kappa shape index (κ2) is 12.6. The van der Waals surface area contributed by atoms with E-state index in [1.807, 2.05) is 23.6 Å². The molecule has 4 aliphatic rings. The predicted octanol–water partition coefficient (Wildman–Crippen LogP) is 8.74. The Kier molecular flexibility index (Phi) is 8.93. The molecule has 244 valence electrons. The lowest BCUT2D eigenvalue weighted by Gasteiger charge is -2.43. The van der Waals surface area contributed by atoms with Crippen LogP contribution in [0.3, 0.4) is 0 Å². The van der Waals surface area contributed by atoms with Crippen molar-refractivity contribution in [3.63, 3.8) is 0 Å². The third-order valence-electron chi connectivity index (χ3n) is 10.5. The smallest absolute Gasteiger partial charge is 0.416 e. The Morgan fingerprint density at radius 1 is 1.11 bits per heavy atom. The minimum absolute atomic E-state index is 0.0325. The van der Waals surface area contributed by atoms with E-state index in [9.17, 15) is 27.9 Å². The molecule has 2 fully saturated rings. The Hall–Kier alpha value is -3.43. The van der Waals surface area contributed by atoms with E-state index in [0.717, 1.165) is 42.5 Å². The number of thiophene rings is 1. The van der Waals surface area contributed by atoms with Crippen LogP contribution in [0.25, 0.3) is 0 Å². The van der Waals surface area contributed by atoms with E-state index < -0.39 is 34.6 Å². The van der Waals surface area contributed by atoms with Crippen molar-refractivity contribution in [1.29, 1.82) is 0 Å². The van der Waals surface area contributed by atoms with Crippen LogP contribution in [0.1, 0.15) is 95.8 Å². The molecule has 2 heterocycles. The lowest BCUT2D eigenvalue weighted by Crippen LogP contribution is -2.48. The number of halogens is 3. The number of carbonyl (C=O) groups excluding carboxylic acids is 2. The number of carbonyl (C=O) groups is 2. The van der Waals surface area contributed by atoms with E-state index in [1.54, 1.807) is 22.3 Å². The SMILES string of the molecule is CC1=CCC[C@@]2(C)[C@@H](CC[C@@]23CN(CCc2cccs2)C(=O)O3)c2ccc(cc2C(=O)c2cccc(C(F)(F)F)c2)C[C@@H](O)CC1. The number of alkyl halides is 3. The number of aliphatic hydroxyl groups excluding tert-OH is 1. The average molecular weight is 652 g/mol. The van der Waals surface area contributed by atoms with Gasteiger partial charge in [-0.05, 0) is 105 Å². The number of aliphatic hydroxyl groups is 1. The number of rotatable bonds is 5. The van der Waals surface area contributed by atoms with Gasteiger partial charge in [-0.2, -0.15) is 13.2 Å². The van der Waals surface area contributed by atoms with Crippen LogP contribution in [0, 0.1) is 5.41 Å². The highest BCUT2D eigenvalue weighted by molar-refractivity contribution is 7.09. The zero-order chi connectivity index (χ0) is 32.7. The van der Waals surface area contributed by atoms with Crippen molar-refractivity contribution >= 4 is 23.2 Å². The van der Waals surface area contributed by atoms with Crippen LogP contribution in [0.5, 0.6) is 0 Å². The summed E-state index contributed by atoms with van der Waals surface area (Å²) in [6.45, 7) is 5.24. The highest BCUT2D eigenvalue weighted by atomic mass is 32.1. The van der Waals surface area contributed by atoms with Crippen molar-refractivity contribution in [1.82, 2.24) is 4.90 Å². The number of fused-ring (bicyclic) bond motifs is 8. The van der Waals surface area contributed by atoms with Crippen molar-refractivity contribution in [2.75, 3.05) is 13.1 Å². The topological polar surface area (TPSA) is 66.8 Å². The summed E-state index contributed by atoms with van der Waals surface area (Å²) < 4.78 is 47.3. The van der Waals surface area contributed by atoms with Gasteiger partial charge in [-0.1, -0.05) is 48.9 Å². The molecule has 1 N–H and O–H groups in total. The Bertz CT molecular complexity index is 1630. The summed E-state index contributed by atoms with van der Waals surface area (Å²) in [6.07, 6.45) is 1.76. The normalized spacial score (nSPS) is 27.0. The summed E-state index contributed by atoms with van der Waals surface area (Å²) in [7, 11) is 0. The van der Waals surface area contributed by atoms with Crippen LogP contribution in [-0.4, -0.2) is 46.7 Å². The van der Waals surface area contributed by atoms with Gasteiger partial charge in [0.05, 0.1) is 18.2 Å². The van der Waals surface area contributed by atoms with Crippen LogP contribution in [0.2, 0.25) is 0 Å². The molecular formula is C37H40F3NO4S. The molecule has 46 heavy (non-hydrogen) atoms. The molecule has 5 nitrogen and oxygen atoms in total. The van der Waals surface area contributed by atoms with Crippen LogP contribution < -0.4 is 0 Å². The maximum absolute atomic E-state index is 14.2. The molecule has 9 heteroatoms. The van der Waals surface area contributed by atoms with Crippen LogP contribution in [0.15, 0.2) is 71.6 Å². The van der Waals surface area contributed by atoms with Gasteiger partial charge in [0, 0.05) is 28.0 Å². The van der Waals surface area contributed by atoms with Crippen molar-refractivity contribution in [3.8, 4) is 0 Å². The Balaban J connectivity index is 1.41. The van der Waals surface area contributed by atoms with Gasteiger partial charge in [0.25, 0.3) is 0 Å². The van der Waals surface area contributed by atoms with Gasteiger partial charge in [-0.3, -0.25) is 4.79 Å². The molecule has 1 amide bonds. The molecule has 0 radical (unpaired) electrons. The number of allylic oxidation sites excluding steroid dienone is 2. The van der Waals surface area contributed by atoms with E-state index in [-0.39, 0.29) is 17.6 Å². The molecule has 3 aromatic rings. The first-order valence-electron chi connectivity index (χ1n) is 16.1. The Labute approximate surface area is 272 Å². The molecule has 3 aliphatic carbocycles. The number of nitrogens with zero attached hydrogens (tertiary/aromatic N) is 1. The highest BCUT2D eigenvalue weighted by Crippen LogP contribution is 2.61. The minimum Gasteiger partial charge on any atom is -0.440 e. The average Bonchev–Trinajstić information content (AvgIpc) is 3.72. The number of ether oxygens (including phenoxy) is 1. The lowest BCUT2D eigenvalue weighted by atomic mass is 9.64. The van der Waals surface area contributed by atoms with Crippen molar-refractivity contribution in [2.24, 2.45) is 5.41 Å². The number of ketones is 1. The number of benzene rings is 2. The monoisotopic (exact) mass is 651 g/mol. The van der Waals surface area contributed by atoms with Crippen LogP contribution in [-0.2, 0) is 23.8 Å². The number of amides is 1. The first-order valence-corrected chi connectivity index (χ1v) is 17.0. The third-order valence-corrected chi connectivity index (χ3v) is 11.5. The quantitative estimate of drug-likeness (QED) is 0.221. The summed E-state index contributed by atoms with van der Waals surface area (Å²) in [4.78, 5) is 30.6. The van der Waals surface area contributed by atoms with Gasteiger partial charge < -0.3 is 14.7 Å². The maximum atomic E-state index is 14.2. The van der Waals surface area contributed by atoms with E-state index in [1.165, 1.54) is 22.6 Å². The molecule has 7 rings (SSSR count). The van der Waals surface area contributed by atoms with Crippen LogP contribution >= 0.6 is 11.3 Å². The van der Waals surface area contributed by atoms with Crippen molar-refractivity contribution < 1.29 is 32.6 Å². The third kappa shape index (κ3) is 6.28. The first-order chi connectivity index (χ1) is 21.9. The molecule has 1 spiro atoms. The molecule has 0 unspecified atom stereocenters. The van der Waals surface area contributed by atoms with E-state index >= 15 is 0 Å². The second-order valence-electron chi connectivity index (χ2n) is 13.4. The highest BCUT2D eigenvalue weighted by Gasteiger charge is 2.63. The zero-order valence-corrected chi connectivity index (χ0v) is 27.1. The summed E-state index contributed by atoms with van der Waals surface area (Å²) in [5, 5.41) is 12.9. The Morgan fingerprint density at radius 3 is 2.70 bits per heavy atom. The molecular weight excluding hydrogens is 611 g/mol. The van der Waals surface area contributed by atoms with Crippen molar-refractivity contribution in [3.05, 3.63) is 104 Å². The number of hydrogen-bond acceptors (Lipinski definition) is 5. The minimum atomic E-state index is -4.58. The molecule has 4 atom stereocenters. The predicted molar refractivity (Wildman–Crippen MR) is 172 cm³/mol. The van der Waals surface area contributed by atoms with Gasteiger partial charge in [-0.25, -0.2) is 4.79 Å². The zero-order valence-electron chi connectivity index (χ0n) is 26.2. The van der Waals surface area contributed by atoms with Gasteiger partial charge in [0.1, 0.15) is 5.60 Å². The fourth-order valence-electron chi connectivity index (χ4n) is 7.85. The lowest BCUT2D eigenvalue weighted by molar-refractivity contribution is -0.137. The van der Waals surface area contributed by atoms with Gasteiger partial charge in [0.2, 0.25) is 0 Å². The van der Waals surface area contributed by atoms with E-state index in [0.29, 0.717) is 50.8 Å². The van der Waals surface area contributed by atoms with Gasteiger partial charge in [-0.15, -0.1) is 11.3 Å². The van der Waals surface area contributed by atoms with Crippen molar-refractivity contribution in [2.45, 2.75) is 89.0 Å². The van der Waals surface area contributed by atoms with Gasteiger partial charge in [0.15, 0.2) is 5.78 Å². The standard InChI is InChI=1S/C37H40F3NO4S/c1-24-6-4-16-35(2)32(14-17-36(35)23-41(34(44)45-36)18-15-29-9-5-19-46-29)30-13-11-25(20-28(42)12-10-24)21-31(30)33(43)26-7-3-8-27(22-26)37(38,39)40/h3,5-9,11,13,19,21-22,28,32,42H,4,10,12,14-18,20,23H2,1-2H3/t28-,32-,35-,36+/m0/s1. The summed E-state index contributed by atoms with van der Waals surface area (Å²) in [6, 6.07) is 14.2. The molecule has 2 bridgehead atoms. The van der Waals surface area contributed by atoms with Gasteiger partial charge >= 0.3 is 12.3 Å². The first kappa shape index (κ1) is 32.5. The summed E-state index contributed by atoms with van der Waals surface area (Å²) in [5.74, 6) is -0.664. The molecule has 1 saturated heterocycles. The Morgan fingerprint density at radius 2 is 1.93 bits per heavy atom. The molecule has 1 aromatic heterocycles. The molecule has 1 aliphatic heterocycles.